The molecule has 0 amide bonds. The first-order chi connectivity index (χ1) is 11.9. The average molecular weight is 339 g/mol. The highest BCUT2D eigenvalue weighted by molar-refractivity contribution is 5.97. The van der Waals surface area contributed by atoms with E-state index in [2.05, 4.69) is 25.8 Å². The number of aromatic hydroxyl groups is 1. The van der Waals surface area contributed by atoms with Crippen LogP contribution in [0.15, 0.2) is 29.3 Å². The zero-order valence-electron chi connectivity index (χ0n) is 15.6. The van der Waals surface area contributed by atoms with Gasteiger partial charge in [0, 0.05) is 24.4 Å². The molecular weight excluding hydrogens is 310 g/mol. The Kier molecular flexibility index (Phi) is 4.03. The van der Waals surface area contributed by atoms with Gasteiger partial charge in [0.05, 0.1) is 0 Å². The number of rotatable bonds is 3. The molecule has 1 aliphatic heterocycles. The monoisotopic (exact) mass is 339 g/mol. The summed E-state index contributed by atoms with van der Waals surface area (Å²) in [7, 11) is 2.24. The molecule has 3 nitrogen and oxygen atoms in total. The molecule has 4 rings (SSSR count). The molecule has 3 heteroatoms. The van der Waals surface area contributed by atoms with Gasteiger partial charge >= 0.3 is 0 Å². The van der Waals surface area contributed by atoms with E-state index < -0.39 is 0 Å². The van der Waals surface area contributed by atoms with E-state index in [0.717, 1.165) is 55.7 Å². The van der Waals surface area contributed by atoms with E-state index in [0.29, 0.717) is 17.6 Å². The molecule has 1 N–H and O–H groups in total. The first kappa shape index (κ1) is 16.8. The second kappa shape index (κ2) is 5.98. The number of benzene rings is 1. The Bertz CT molecular complexity index is 750. The Labute approximate surface area is 150 Å². The summed E-state index contributed by atoms with van der Waals surface area (Å²) < 4.78 is 0. The van der Waals surface area contributed by atoms with Crippen LogP contribution in [0.3, 0.4) is 0 Å². The van der Waals surface area contributed by atoms with Gasteiger partial charge < -0.3 is 10.0 Å². The van der Waals surface area contributed by atoms with Crippen molar-refractivity contribution in [1.82, 2.24) is 4.90 Å². The number of phenols is 1. The van der Waals surface area contributed by atoms with E-state index in [1.807, 2.05) is 12.1 Å². The van der Waals surface area contributed by atoms with Crippen LogP contribution in [0.2, 0.25) is 0 Å². The fourth-order valence-corrected chi connectivity index (χ4v) is 5.86. The maximum Gasteiger partial charge on any atom is 0.158 e. The molecule has 3 atom stereocenters. The third-order valence-electron chi connectivity index (χ3n) is 7.30. The average Bonchev–Trinajstić information content (AvgIpc) is 3.05. The molecule has 1 heterocycles. The van der Waals surface area contributed by atoms with Crippen LogP contribution in [-0.4, -0.2) is 35.4 Å². The van der Waals surface area contributed by atoms with Gasteiger partial charge in [0.2, 0.25) is 0 Å². The predicted octanol–water partition coefficient (Wildman–Crippen LogP) is 4.02. The fourth-order valence-electron chi connectivity index (χ4n) is 5.86. The molecule has 3 unspecified atom stereocenters. The Morgan fingerprint density at radius 1 is 1.28 bits per heavy atom. The van der Waals surface area contributed by atoms with Crippen LogP contribution in [0.4, 0.5) is 0 Å². The van der Waals surface area contributed by atoms with Crippen LogP contribution < -0.4 is 0 Å². The van der Waals surface area contributed by atoms with Gasteiger partial charge in [0.15, 0.2) is 5.78 Å². The molecule has 1 spiro atoms. The third-order valence-corrected chi connectivity index (χ3v) is 7.30. The lowest BCUT2D eigenvalue weighted by atomic mass is 9.66. The van der Waals surface area contributed by atoms with Gasteiger partial charge in [0.1, 0.15) is 5.75 Å². The van der Waals surface area contributed by atoms with Crippen molar-refractivity contribution in [3.8, 4) is 5.75 Å². The predicted molar refractivity (Wildman–Crippen MR) is 99.7 cm³/mol. The highest BCUT2D eigenvalue weighted by Crippen LogP contribution is 2.60. The van der Waals surface area contributed by atoms with Gasteiger partial charge in [-0.05, 0) is 87.7 Å². The van der Waals surface area contributed by atoms with Gasteiger partial charge in [-0.1, -0.05) is 11.6 Å². The van der Waals surface area contributed by atoms with Crippen molar-refractivity contribution in [2.24, 2.45) is 11.3 Å². The van der Waals surface area contributed by atoms with Crippen LogP contribution in [0.25, 0.3) is 0 Å². The van der Waals surface area contributed by atoms with Crippen molar-refractivity contribution >= 4 is 5.78 Å². The normalized spacial score (nSPS) is 32.2. The second-order valence-electron chi connectivity index (χ2n) is 8.45. The Morgan fingerprint density at radius 3 is 2.88 bits per heavy atom. The summed E-state index contributed by atoms with van der Waals surface area (Å²) in [6, 6.07) is 6.18. The zero-order chi connectivity index (χ0) is 17.8. The van der Waals surface area contributed by atoms with Crippen LogP contribution in [0.1, 0.15) is 50.2 Å². The third kappa shape index (κ3) is 2.55. The molecule has 1 aromatic carbocycles. The van der Waals surface area contributed by atoms with E-state index >= 15 is 0 Å². The summed E-state index contributed by atoms with van der Waals surface area (Å²) in [5.74, 6) is 1.41. The summed E-state index contributed by atoms with van der Waals surface area (Å²) >= 11 is 0. The summed E-state index contributed by atoms with van der Waals surface area (Å²) in [6.07, 6.45) is 5.79. The van der Waals surface area contributed by atoms with Crippen molar-refractivity contribution < 1.29 is 9.90 Å². The van der Waals surface area contributed by atoms with E-state index in [-0.39, 0.29) is 5.41 Å². The van der Waals surface area contributed by atoms with Gasteiger partial charge in [-0.2, -0.15) is 0 Å². The van der Waals surface area contributed by atoms with E-state index in [4.69, 9.17) is 0 Å². The molecule has 0 radical (unpaired) electrons. The molecule has 1 saturated heterocycles. The minimum atomic E-state index is 0.269. The van der Waals surface area contributed by atoms with Gasteiger partial charge in [0.25, 0.3) is 0 Å². The highest BCUT2D eigenvalue weighted by Gasteiger charge is 2.57. The number of hydrogen-bond acceptors (Lipinski definition) is 3. The molecule has 3 aliphatic rings. The largest absolute Gasteiger partial charge is 0.508 e. The van der Waals surface area contributed by atoms with Crippen LogP contribution >= 0.6 is 0 Å². The summed E-state index contributed by atoms with van der Waals surface area (Å²) in [4.78, 5) is 15.2. The van der Waals surface area contributed by atoms with Crippen molar-refractivity contribution in [3.05, 3.63) is 40.5 Å². The number of hydrogen-bond donors (Lipinski definition) is 1. The lowest BCUT2D eigenvalue weighted by molar-refractivity contribution is -0.117. The molecule has 0 bridgehead atoms. The van der Waals surface area contributed by atoms with Crippen molar-refractivity contribution in [1.29, 1.82) is 0 Å². The topological polar surface area (TPSA) is 40.5 Å². The molecule has 25 heavy (non-hydrogen) atoms. The van der Waals surface area contributed by atoms with E-state index in [1.54, 1.807) is 6.07 Å². The quantitative estimate of drug-likeness (QED) is 0.904. The molecule has 0 aromatic heterocycles. The molecule has 2 fully saturated rings. The summed E-state index contributed by atoms with van der Waals surface area (Å²) in [6.45, 7) is 5.56. The lowest BCUT2D eigenvalue weighted by Gasteiger charge is -2.36. The molecule has 134 valence electrons. The minimum Gasteiger partial charge on any atom is -0.508 e. The number of aryl methyl sites for hydroxylation is 2. The first-order valence-electron chi connectivity index (χ1n) is 9.67. The Morgan fingerprint density at radius 2 is 2.08 bits per heavy atom. The van der Waals surface area contributed by atoms with Crippen LogP contribution in [-0.2, 0) is 11.2 Å². The lowest BCUT2D eigenvalue weighted by Crippen LogP contribution is -2.34. The maximum absolute atomic E-state index is 12.7. The number of phenolic OH excluding ortho intramolecular Hbond substituents is 1. The Hall–Kier alpha value is -1.61. The zero-order valence-corrected chi connectivity index (χ0v) is 15.6. The summed E-state index contributed by atoms with van der Waals surface area (Å²) in [5, 5.41) is 9.77. The second-order valence-corrected chi connectivity index (χ2v) is 8.45. The number of Topliss-reactive ketones (excluding diaryl/α,β-unsaturated/α-hetero) is 1. The minimum absolute atomic E-state index is 0.269. The van der Waals surface area contributed by atoms with E-state index in [1.165, 1.54) is 17.6 Å². The van der Waals surface area contributed by atoms with Crippen LogP contribution in [0.5, 0.6) is 5.75 Å². The number of allylic oxidation sites excluding steroid dienone is 1. The van der Waals surface area contributed by atoms with Gasteiger partial charge in [-0.25, -0.2) is 0 Å². The number of ketones is 1. The van der Waals surface area contributed by atoms with Crippen molar-refractivity contribution in [3.63, 3.8) is 0 Å². The Balaban J connectivity index is 1.65. The van der Waals surface area contributed by atoms with E-state index in [9.17, 15) is 9.90 Å². The standard InChI is InChI=1S/C22H29NO2/c1-14-4-6-17(24)12-16(14)5-7-18-20-9-8-19-15(2)23(3)13-22(19,20)11-10-21(18)25/h4,6,12,15,19,24H,5,7-11,13H2,1-3H3. The number of nitrogens with zero attached hydrogens (tertiary/aromatic N) is 1. The molecule has 1 saturated carbocycles. The molecule has 2 aliphatic carbocycles. The van der Waals surface area contributed by atoms with Crippen molar-refractivity contribution in [2.75, 3.05) is 13.6 Å². The molecular formula is C22H29NO2. The SMILES string of the molecule is Cc1ccc(O)cc1CCC1=C2CCC3C(C)N(C)CC23CCC1=O. The van der Waals surface area contributed by atoms with Gasteiger partial charge in [-0.3, -0.25) is 4.79 Å². The number of carbonyl (C=O) groups is 1. The number of likely N-dealkylation sites (tertiary alicyclic amines) is 1. The first-order valence-corrected chi connectivity index (χ1v) is 9.67. The number of carbonyl (C=O) groups excluding carboxylic acids is 1. The highest BCUT2D eigenvalue weighted by atomic mass is 16.3. The maximum atomic E-state index is 12.7. The molecule has 1 aromatic rings. The van der Waals surface area contributed by atoms with Gasteiger partial charge in [-0.15, -0.1) is 0 Å². The van der Waals surface area contributed by atoms with Crippen LogP contribution in [0, 0.1) is 18.3 Å². The smallest absolute Gasteiger partial charge is 0.158 e. The van der Waals surface area contributed by atoms with Crippen molar-refractivity contribution in [2.45, 2.75) is 58.4 Å². The fraction of sp³-hybridized carbons (Fsp3) is 0.591. The summed E-state index contributed by atoms with van der Waals surface area (Å²) in [5.41, 5.74) is 5.24.